The van der Waals surface area contributed by atoms with Gasteiger partial charge < -0.3 is 0 Å². The van der Waals surface area contributed by atoms with Gasteiger partial charge in [-0.3, -0.25) is 9.38 Å². The predicted octanol–water partition coefficient (Wildman–Crippen LogP) is 13.9. The van der Waals surface area contributed by atoms with Gasteiger partial charge in [0.15, 0.2) is 0 Å². The Morgan fingerprint density at radius 2 is 0.873 bits per heavy atom. The number of rotatable bonds is 5. The second-order valence-electron chi connectivity index (χ2n) is 16.6. The summed E-state index contributed by atoms with van der Waals surface area (Å²) in [5.74, 6) is 0. The minimum absolute atomic E-state index is 0.962. The van der Waals surface area contributed by atoms with Crippen LogP contribution < -0.4 is 15.9 Å². The molecule has 10 aromatic carbocycles. The maximum absolute atomic E-state index is 7.00. The Morgan fingerprint density at radius 1 is 0.365 bits per heavy atom. The predicted molar refractivity (Wildman–Crippen MR) is 272 cm³/mol. The van der Waals surface area contributed by atoms with E-state index in [1.807, 2.05) is 18.5 Å². The molecule has 3 aromatic heterocycles. The molecular formula is C58H36N3PS. The molecule has 3 heterocycles. The van der Waals surface area contributed by atoms with Gasteiger partial charge in [0.1, 0.15) is 5.65 Å². The number of aromatic nitrogens is 3. The molecule has 0 fully saturated rings. The van der Waals surface area contributed by atoms with Crippen molar-refractivity contribution in [2.75, 3.05) is 0 Å². The SMILES string of the molecule is S=P(c1ccc2ccccc2c1)(c1ccc2ccccc2c1)c1ccc2cc(-c3ccc4c(c3)c3cc5ccccc5cc3c3nc5ccc(-c6cccnc6)cc5n43)ccc2c1. The normalized spacial score (nSPS) is 12.2. The molecule has 3 nitrogen and oxygen atoms in total. The lowest BCUT2D eigenvalue weighted by Crippen LogP contribution is -2.25. The molecular weight excluding hydrogens is 802 g/mol. The highest BCUT2D eigenvalue weighted by molar-refractivity contribution is 8.25. The monoisotopic (exact) mass is 837 g/mol. The van der Waals surface area contributed by atoms with Crippen LogP contribution in [0.1, 0.15) is 0 Å². The van der Waals surface area contributed by atoms with Crippen LogP contribution >= 0.6 is 6.04 Å². The fourth-order valence-corrected chi connectivity index (χ4v) is 13.5. The Bertz CT molecular complexity index is 4000. The van der Waals surface area contributed by atoms with Crippen molar-refractivity contribution < 1.29 is 0 Å². The number of nitrogens with zero attached hydrogens (tertiary/aromatic N) is 3. The summed E-state index contributed by atoms with van der Waals surface area (Å²) < 4.78 is 2.35. The van der Waals surface area contributed by atoms with Crippen molar-refractivity contribution in [1.29, 1.82) is 0 Å². The zero-order valence-electron chi connectivity index (χ0n) is 34.0. The van der Waals surface area contributed by atoms with Crippen LogP contribution in [0.25, 0.3) is 104 Å². The summed E-state index contributed by atoms with van der Waals surface area (Å²) in [6.45, 7) is 0. The molecule has 0 aliphatic carbocycles. The number of hydrogen-bond acceptors (Lipinski definition) is 3. The summed E-state index contributed by atoms with van der Waals surface area (Å²) >= 11 is 7.00. The van der Waals surface area contributed by atoms with Crippen LogP contribution in [0.3, 0.4) is 0 Å². The lowest BCUT2D eigenvalue weighted by Gasteiger charge is -2.25. The van der Waals surface area contributed by atoms with Gasteiger partial charge in [-0.2, -0.15) is 0 Å². The standard InChI is InChI=1S/C58H36N3PS/c63-62(49-22-17-37-8-1-3-10-39(37)29-49,50-23-18-38-9-2-4-11-40(38)30-50)51-24-19-44-28-43(15-16-45(44)31-51)46-21-26-56-53(33-46)52-32-41-12-5-6-13-42(41)34-54(52)58-60-55-25-20-47(35-57(55)61(56)58)48-14-7-27-59-36-48/h1-36H. The lowest BCUT2D eigenvalue weighted by molar-refractivity contribution is 1.31. The molecule has 0 amide bonds. The van der Waals surface area contributed by atoms with E-state index in [1.54, 1.807) is 0 Å². The summed E-state index contributed by atoms with van der Waals surface area (Å²) in [7, 11) is 0. The Kier molecular flexibility index (Phi) is 8.05. The topological polar surface area (TPSA) is 30.2 Å². The first kappa shape index (κ1) is 36.2. The Balaban J connectivity index is 0.978. The number of fused-ring (bicyclic) bond motifs is 12. The molecule has 0 aliphatic heterocycles. The van der Waals surface area contributed by atoms with Gasteiger partial charge in [-0.1, -0.05) is 151 Å². The van der Waals surface area contributed by atoms with Crippen LogP contribution in [-0.2, 0) is 11.8 Å². The van der Waals surface area contributed by atoms with Gasteiger partial charge in [-0.05, 0) is 148 Å². The van der Waals surface area contributed by atoms with Crippen molar-refractivity contribution >= 4 is 115 Å². The third-order valence-electron chi connectivity index (χ3n) is 13.0. The van der Waals surface area contributed by atoms with Gasteiger partial charge in [0, 0.05) is 34.8 Å². The van der Waals surface area contributed by atoms with Crippen molar-refractivity contribution in [2.24, 2.45) is 0 Å². The van der Waals surface area contributed by atoms with Gasteiger partial charge in [0.25, 0.3) is 0 Å². The average molecular weight is 838 g/mol. The van der Waals surface area contributed by atoms with Crippen LogP contribution in [0.4, 0.5) is 0 Å². The van der Waals surface area contributed by atoms with Gasteiger partial charge in [0.2, 0.25) is 0 Å². The first-order chi connectivity index (χ1) is 31.0. The van der Waals surface area contributed by atoms with Crippen LogP contribution in [-0.4, -0.2) is 14.4 Å². The van der Waals surface area contributed by atoms with E-state index < -0.39 is 6.04 Å². The summed E-state index contributed by atoms with van der Waals surface area (Å²) in [5.41, 5.74) is 8.67. The molecule has 0 saturated carbocycles. The second-order valence-corrected chi connectivity index (χ2v) is 21.0. The molecule has 0 atom stereocenters. The summed E-state index contributed by atoms with van der Waals surface area (Å²) in [6, 6.07) is 72.9. The van der Waals surface area contributed by atoms with E-state index in [-0.39, 0.29) is 0 Å². The average Bonchev–Trinajstić information content (AvgIpc) is 3.74. The summed E-state index contributed by atoms with van der Waals surface area (Å²) in [4.78, 5) is 9.68. The van der Waals surface area contributed by atoms with Crippen molar-refractivity contribution in [1.82, 2.24) is 14.4 Å². The van der Waals surface area contributed by atoms with Crippen LogP contribution in [0.2, 0.25) is 0 Å². The molecule has 0 unspecified atom stereocenters. The zero-order valence-corrected chi connectivity index (χ0v) is 35.7. The summed E-state index contributed by atoms with van der Waals surface area (Å²) in [5, 5.41) is 16.8. The van der Waals surface area contributed by atoms with E-state index in [4.69, 9.17) is 16.8 Å². The van der Waals surface area contributed by atoms with Crippen molar-refractivity contribution in [3.63, 3.8) is 0 Å². The molecule has 0 saturated heterocycles. The first-order valence-corrected chi connectivity index (χ1v) is 24.1. The van der Waals surface area contributed by atoms with E-state index in [1.165, 1.54) is 80.9 Å². The fraction of sp³-hybridized carbons (Fsp3) is 0. The number of benzene rings is 10. The van der Waals surface area contributed by atoms with Crippen molar-refractivity contribution in [3.05, 3.63) is 219 Å². The van der Waals surface area contributed by atoms with Gasteiger partial charge in [0.05, 0.1) is 16.6 Å². The zero-order chi connectivity index (χ0) is 41.6. The maximum Gasteiger partial charge on any atom is 0.146 e. The molecule has 5 heteroatoms. The van der Waals surface area contributed by atoms with Crippen LogP contribution in [0.5, 0.6) is 0 Å². The van der Waals surface area contributed by atoms with Crippen LogP contribution in [0.15, 0.2) is 219 Å². The Labute approximate surface area is 368 Å². The molecule has 13 rings (SSSR count). The number of pyridine rings is 2. The van der Waals surface area contributed by atoms with E-state index in [0.29, 0.717) is 0 Å². The van der Waals surface area contributed by atoms with Crippen molar-refractivity contribution in [2.45, 2.75) is 0 Å². The van der Waals surface area contributed by atoms with E-state index in [2.05, 4.69) is 210 Å². The molecule has 0 radical (unpaired) electrons. The largest absolute Gasteiger partial charge is 0.292 e. The number of imidazole rings is 1. The molecule has 0 N–H and O–H groups in total. The molecule has 0 spiro atoms. The third-order valence-corrected chi connectivity index (χ3v) is 17.9. The smallest absolute Gasteiger partial charge is 0.146 e. The van der Waals surface area contributed by atoms with Gasteiger partial charge >= 0.3 is 0 Å². The minimum Gasteiger partial charge on any atom is -0.292 e. The maximum atomic E-state index is 7.00. The van der Waals surface area contributed by atoms with Crippen molar-refractivity contribution in [3.8, 4) is 22.3 Å². The van der Waals surface area contributed by atoms with Gasteiger partial charge in [-0.15, -0.1) is 0 Å². The highest BCUT2D eigenvalue weighted by Crippen LogP contribution is 2.45. The van der Waals surface area contributed by atoms with Gasteiger partial charge in [-0.25, -0.2) is 4.98 Å². The lowest BCUT2D eigenvalue weighted by atomic mass is 9.96. The van der Waals surface area contributed by atoms with E-state index >= 15 is 0 Å². The summed E-state index contributed by atoms with van der Waals surface area (Å²) in [6.07, 6.45) is 3.74. The highest BCUT2D eigenvalue weighted by atomic mass is 32.4. The van der Waals surface area contributed by atoms with E-state index in [0.717, 1.165) is 38.7 Å². The third kappa shape index (κ3) is 5.76. The number of hydrogen-bond donors (Lipinski definition) is 0. The van der Waals surface area contributed by atoms with E-state index in [9.17, 15) is 0 Å². The molecule has 294 valence electrons. The first-order valence-electron chi connectivity index (χ1n) is 21.3. The quantitative estimate of drug-likeness (QED) is 0.0983. The molecule has 0 aliphatic rings. The Morgan fingerprint density at radius 3 is 1.52 bits per heavy atom. The second kappa shape index (κ2) is 14.0. The molecule has 63 heavy (non-hydrogen) atoms. The molecule has 13 aromatic rings. The highest BCUT2D eigenvalue weighted by Gasteiger charge is 2.26. The molecule has 0 bridgehead atoms. The van der Waals surface area contributed by atoms with Crippen LogP contribution in [0, 0.1) is 0 Å². The Hall–Kier alpha value is -7.49. The minimum atomic E-state index is -2.46. The fourth-order valence-electron chi connectivity index (χ4n) is 9.79.